The summed E-state index contributed by atoms with van der Waals surface area (Å²) in [7, 11) is 1.68. The van der Waals surface area contributed by atoms with Crippen LogP contribution < -0.4 is 10.1 Å². The van der Waals surface area contributed by atoms with Gasteiger partial charge in [0.2, 0.25) is 0 Å². The zero-order valence-corrected chi connectivity index (χ0v) is 12.4. The minimum absolute atomic E-state index is 0.469. The van der Waals surface area contributed by atoms with E-state index in [-0.39, 0.29) is 0 Å². The fourth-order valence-electron chi connectivity index (χ4n) is 2.21. The van der Waals surface area contributed by atoms with Crippen molar-refractivity contribution in [3.05, 3.63) is 42.0 Å². The van der Waals surface area contributed by atoms with E-state index in [1.807, 2.05) is 24.3 Å². The van der Waals surface area contributed by atoms with Gasteiger partial charge in [-0.1, -0.05) is 30.3 Å². The van der Waals surface area contributed by atoms with Crippen molar-refractivity contribution in [1.82, 2.24) is 5.32 Å². The van der Waals surface area contributed by atoms with Crippen molar-refractivity contribution in [1.29, 1.82) is 5.26 Å². The smallest absolute Gasteiger partial charge is 0.181 e. The van der Waals surface area contributed by atoms with Gasteiger partial charge in [0.05, 0.1) is 6.61 Å². The van der Waals surface area contributed by atoms with Crippen LogP contribution in [0.1, 0.15) is 12.5 Å². The maximum atomic E-state index is 8.94. The summed E-state index contributed by atoms with van der Waals surface area (Å²) in [6, 6.07) is 14.2. The van der Waals surface area contributed by atoms with Crippen LogP contribution in [0.25, 0.3) is 10.8 Å². The number of nitrogens with zero attached hydrogens (tertiary/aromatic N) is 1. The predicted octanol–water partition coefficient (Wildman–Crippen LogP) is 2.87. The minimum atomic E-state index is -0.469. The first-order chi connectivity index (χ1) is 10.3. The van der Waals surface area contributed by atoms with Crippen molar-refractivity contribution in [2.75, 3.05) is 20.3 Å². The van der Waals surface area contributed by atoms with E-state index in [9.17, 15) is 0 Å². The lowest BCUT2D eigenvalue weighted by Gasteiger charge is -2.16. The molecule has 0 saturated carbocycles. The van der Waals surface area contributed by atoms with E-state index in [1.165, 1.54) is 0 Å². The molecule has 4 heteroatoms. The highest BCUT2D eigenvalue weighted by atomic mass is 16.5. The monoisotopic (exact) mass is 284 g/mol. The van der Waals surface area contributed by atoms with Gasteiger partial charge in [0.25, 0.3) is 0 Å². The summed E-state index contributed by atoms with van der Waals surface area (Å²) in [6.07, 6.45) is -0.469. The van der Waals surface area contributed by atoms with Crippen LogP contribution in [0.15, 0.2) is 36.4 Å². The van der Waals surface area contributed by atoms with Gasteiger partial charge >= 0.3 is 0 Å². The maximum absolute atomic E-state index is 8.94. The van der Waals surface area contributed by atoms with E-state index in [0.717, 1.165) is 28.6 Å². The molecule has 2 aromatic carbocycles. The molecule has 0 aliphatic rings. The molecule has 21 heavy (non-hydrogen) atoms. The molecule has 0 saturated heterocycles. The Hall–Kier alpha value is -2.09. The summed E-state index contributed by atoms with van der Waals surface area (Å²) >= 11 is 0. The number of ether oxygens (including phenoxy) is 2. The van der Waals surface area contributed by atoms with Crippen molar-refractivity contribution in [2.45, 2.75) is 19.6 Å². The molecule has 0 heterocycles. The second-order valence-corrected chi connectivity index (χ2v) is 4.82. The molecule has 0 aliphatic heterocycles. The molecule has 0 aromatic heterocycles. The molecule has 1 N–H and O–H groups in total. The highest BCUT2D eigenvalue weighted by molar-refractivity contribution is 5.87. The molecule has 2 rings (SSSR count). The first-order valence-electron chi connectivity index (χ1n) is 7.03. The number of hydrogen-bond acceptors (Lipinski definition) is 4. The molecule has 0 fully saturated rings. The van der Waals surface area contributed by atoms with E-state index in [4.69, 9.17) is 14.7 Å². The largest absolute Gasteiger partial charge is 0.476 e. The van der Waals surface area contributed by atoms with Gasteiger partial charge in [0, 0.05) is 25.8 Å². The lowest BCUT2D eigenvalue weighted by Crippen LogP contribution is -2.20. The molecule has 110 valence electrons. The molecule has 0 bridgehead atoms. The second-order valence-electron chi connectivity index (χ2n) is 4.82. The summed E-state index contributed by atoms with van der Waals surface area (Å²) < 4.78 is 10.8. The molecule has 0 aliphatic carbocycles. The van der Waals surface area contributed by atoms with Gasteiger partial charge in [-0.05, 0) is 23.8 Å². The average molecular weight is 284 g/mol. The number of benzene rings is 2. The fourth-order valence-corrected chi connectivity index (χ4v) is 2.21. The Morgan fingerprint density at radius 2 is 2.05 bits per heavy atom. The molecule has 0 spiro atoms. The summed E-state index contributed by atoms with van der Waals surface area (Å²) in [6.45, 7) is 3.86. The third-order valence-electron chi connectivity index (χ3n) is 3.27. The SMILES string of the molecule is COCCNCc1c(OC(C)C#N)ccc2ccccc12. The van der Waals surface area contributed by atoms with E-state index < -0.39 is 6.10 Å². The van der Waals surface area contributed by atoms with Gasteiger partial charge in [-0.25, -0.2) is 0 Å². The fraction of sp³-hybridized carbons (Fsp3) is 0.353. The van der Waals surface area contributed by atoms with Crippen molar-refractivity contribution >= 4 is 10.8 Å². The van der Waals surface area contributed by atoms with Crippen molar-refractivity contribution in [2.24, 2.45) is 0 Å². The third kappa shape index (κ3) is 3.94. The van der Waals surface area contributed by atoms with Crippen LogP contribution in [0.4, 0.5) is 0 Å². The number of hydrogen-bond donors (Lipinski definition) is 1. The quantitative estimate of drug-likeness (QED) is 0.794. The Balaban J connectivity index is 2.30. The molecular formula is C17H20N2O2. The van der Waals surface area contributed by atoms with Gasteiger partial charge in [-0.15, -0.1) is 0 Å². The van der Waals surface area contributed by atoms with Crippen LogP contribution in [0.5, 0.6) is 5.75 Å². The van der Waals surface area contributed by atoms with Gasteiger partial charge < -0.3 is 14.8 Å². The topological polar surface area (TPSA) is 54.3 Å². The molecule has 2 aromatic rings. The van der Waals surface area contributed by atoms with Crippen molar-refractivity contribution < 1.29 is 9.47 Å². The molecule has 0 radical (unpaired) electrons. The highest BCUT2D eigenvalue weighted by Gasteiger charge is 2.11. The van der Waals surface area contributed by atoms with Crippen molar-refractivity contribution in [3.63, 3.8) is 0 Å². The standard InChI is InChI=1S/C17H20N2O2/c1-13(11-18)21-17-8-7-14-5-3-4-6-15(14)16(17)12-19-9-10-20-2/h3-8,13,19H,9-10,12H2,1-2H3. The Kier molecular flexibility index (Phi) is 5.56. The van der Waals surface area contributed by atoms with Gasteiger partial charge in [0.15, 0.2) is 6.10 Å². The van der Waals surface area contributed by atoms with Gasteiger partial charge in [-0.3, -0.25) is 0 Å². The van der Waals surface area contributed by atoms with Crippen LogP contribution in [-0.2, 0) is 11.3 Å². The molecule has 1 unspecified atom stereocenters. The number of fused-ring (bicyclic) bond motifs is 1. The first kappa shape index (κ1) is 15.3. The number of methoxy groups -OCH3 is 1. The van der Waals surface area contributed by atoms with Crippen LogP contribution in [0, 0.1) is 11.3 Å². The van der Waals surface area contributed by atoms with E-state index in [2.05, 4.69) is 23.5 Å². The minimum Gasteiger partial charge on any atom is -0.476 e. The maximum Gasteiger partial charge on any atom is 0.181 e. The summed E-state index contributed by atoms with van der Waals surface area (Å²) in [4.78, 5) is 0. The zero-order chi connectivity index (χ0) is 15.1. The van der Waals surface area contributed by atoms with E-state index in [1.54, 1.807) is 14.0 Å². The van der Waals surface area contributed by atoms with Gasteiger partial charge in [0.1, 0.15) is 11.8 Å². The Labute approximate surface area is 125 Å². The number of nitrogens with one attached hydrogen (secondary N) is 1. The normalized spacial score (nSPS) is 12.0. The van der Waals surface area contributed by atoms with E-state index in [0.29, 0.717) is 13.2 Å². The third-order valence-corrected chi connectivity index (χ3v) is 3.27. The van der Waals surface area contributed by atoms with Gasteiger partial charge in [-0.2, -0.15) is 5.26 Å². The Bertz CT molecular complexity index is 634. The first-order valence-corrected chi connectivity index (χ1v) is 7.03. The summed E-state index contributed by atoms with van der Waals surface area (Å²) in [5.74, 6) is 0.757. The highest BCUT2D eigenvalue weighted by Crippen LogP contribution is 2.28. The van der Waals surface area contributed by atoms with Crippen LogP contribution >= 0.6 is 0 Å². The molecular weight excluding hydrogens is 264 g/mol. The summed E-state index contributed by atoms with van der Waals surface area (Å²) in [5.41, 5.74) is 1.08. The average Bonchev–Trinajstić information content (AvgIpc) is 2.52. The number of rotatable bonds is 7. The zero-order valence-electron chi connectivity index (χ0n) is 12.4. The van der Waals surface area contributed by atoms with Crippen LogP contribution in [0.3, 0.4) is 0 Å². The lowest BCUT2D eigenvalue weighted by atomic mass is 10.0. The second kappa shape index (κ2) is 7.63. The predicted molar refractivity (Wildman–Crippen MR) is 83.2 cm³/mol. The van der Waals surface area contributed by atoms with E-state index >= 15 is 0 Å². The summed E-state index contributed by atoms with van der Waals surface area (Å²) in [5, 5.41) is 14.6. The molecule has 4 nitrogen and oxygen atoms in total. The van der Waals surface area contributed by atoms with Crippen molar-refractivity contribution in [3.8, 4) is 11.8 Å². The molecule has 0 amide bonds. The van der Waals surface area contributed by atoms with Crippen LogP contribution in [0.2, 0.25) is 0 Å². The van der Waals surface area contributed by atoms with Crippen LogP contribution in [-0.4, -0.2) is 26.4 Å². The Morgan fingerprint density at radius 3 is 2.81 bits per heavy atom. The Morgan fingerprint density at radius 1 is 1.24 bits per heavy atom. The number of nitriles is 1. The molecule has 1 atom stereocenters. The lowest BCUT2D eigenvalue weighted by molar-refractivity contribution is 0.199.